The first-order valence-corrected chi connectivity index (χ1v) is 11.4. The summed E-state index contributed by atoms with van der Waals surface area (Å²) in [5.74, 6) is 0.204. The first-order valence-electron chi connectivity index (χ1n) is 11.4. The molecule has 0 amide bonds. The highest BCUT2D eigenvalue weighted by Gasteiger charge is 2.14. The van der Waals surface area contributed by atoms with Gasteiger partial charge in [-0.1, -0.05) is 74.0 Å². The number of aromatic carboxylic acids is 1. The van der Waals surface area contributed by atoms with Crippen molar-refractivity contribution >= 4 is 27.8 Å². The summed E-state index contributed by atoms with van der Waals surface area (Å²) in [6.45, 7) is 2.94. The SMILES string of the molecule is CCCCc1nc2ccccc2n1Cc1ccc(-c2cc3ccccc3cc2C(=O)O)cc1. The summed E-state index contributed by atoms with van der Waals surface area (Å²) in [4.78, 5) is 16.8. The maximum Gasteiger partial charge on any atom is 0.336 e. The molecule has 0 saturated heterocycles. The fourth-order valence-corrected chi connectivity index (χ4v) is 4.46. The van der Waals surface area contributed by atoms with Gasteiger partial charge in [-0.3, -0.25) is 0 Å². The molecule has 5 rings (SSSR count). The van der Waals surface area contributed by atoms with Crippen LogP contribution in [0.4, 0.5) is 0 Å². The van der Waals surface area contributed by atoms with E-state index in [0.717, 1.165) is 70.1 Å². The number of hydrogen-bond donors (Lipinski definition) is 1. The van der Waals surface area contributed by atoms with E-state index < -0.39 is 5.97 Å². The van der Waals surface area contributed by atoms with Crippen molar-refractivity contribution in [2.75, 3.05) is 0 Å². The lowest BCUT2D eigenvalue weighted by atomic mass is 9.95. The molecule has 0 saturated carbocycles. The topological polar surface area (TPSA) is 55.1 Å². The van der Waals surface area contributed by atoms with Crippen LogP contribution in [0.15, 0.2) is 84.9 Å². The van der Waals surface area contributed by atoms with Gasteiger partial charge in [-0.15, -0.1) is 0 Å². The Hall–Kier alpha value is -3.92. The second-order valence-electron chi connectivity index (χ2n) is 8.45. The summed E-state index contributed by atoms with van der Waals surface area (Å²) in [5, 5.41) is 11.8. The lowest BCUT2D eigenvalue weighted by Crippen LogP contribution is -2.05. The Morgan fingerprint density at radius 2 is 1.61 bits per heavy atom. The van der Waals surface area contributed by atoms with Crippen LogP contribution in [0.5, 0.6) is 0 Å². The summed E-state index contributed by atoms with van der Waals surface area (Å²) >= 11 is 0. The second kappa shape index (κ2) is 8.91. The van der Waals surface area contributed by atoms with Gasteiger partial charge in [0.15, 0.2) is 0 Å². The number of nitrogens with zero attached hydrogens (tertiary/aromatic N) is 2. The van der Waals surface area contributed by atoms with E-state index in [0.29, 0.717) is 5.56 Å². The van der Waals surface area contributed by atoms with Crippen molar-refractivity contribution in [3.8, 4) is 11.1 Å². The fourth-order valence-electron chi connectivity index (χ4n) is 4.46. The van der Waals surface area contributed by atoms with Crippen molar-refractivity contribution in [3.05, 3.63) is 102 Å². The molecule has 1 N–H and O–H groups in total. The molecule has 0 spiro atoms. The number of hydrogen-bond acceptors (Lipinski definition) is 2. The fraction of sp³-hybridized carbons (Fsp3) is 0.172. The molecule has 0 fully saturated rings. The zero-order valence-electron chi connectivity index (χ0n) is 18.7. The Balaban J connectivity index is 1.50. The van der Waals surface area contributed by atoms with Crippen LogP contribution in [0.25, 0.3) is 32.9 Å². The molecule has 1 aromatic heterocycles. The van der Waals surface area contributed by atoms with Crippen LogP contribution < -0.4 is 0 Å². The molecule has 33 heavy (non-hydrogen) atoms. The van der Waals surface area contributed by atoms with Crippen molar-refractivity contribution in [2.24, 2.45) is 0 Å². The van der Waals surface area contributed by atoms with E-state index in [1.54, 1.807) is 6.07 Å². The highest BCUT2D eigenvalue weighted by molar-refractivity contribution is 6.02. The van der Waals surface area contributed by atoms with E-state index in [2.05, 4.69) is 41.8 Å². The highest BCUT2D eigenvalue weighted by atomic mass is 16.4. The monoisotopic (exact) mass is 434 g/mol. The number of rotatable bonds is 7. The van der Waals surface area contributed by atoms with Crippen molar-refractivity contribution < 1.29 is 9.90 Å². The molecule has 0 bridgehead atoms. The molecule has 0 aliphatic rings. The number of para-hydroxylation sites is 2. The number of benzene rings is 4. The lowest BCUT2D eigenvalue weighted by Gasteiger charge is -2.12. The Morgan fingerprint density at radius 1 is 0.909 bits per heavy atom. The molecule has 0 unspecified atom stereocenters. The van der Waals surface area contributed by atoms with Gasteiger partial charge in [-0.25, -0.2) is 9.78 Å². The molecule has 4 nitrogen and oxygen atoms in total. The molecule has 0 radical (unpaired) electrons. The van der Waals surface area contributed by atoms with Gasteiger partial charge >= 0.3 is 5.97 Å². The molecule has 4 aromatic carbocycles. The zero-order chi connectivity index (χ0) is 22.8. The van der Waals surface area contributed by atoms with Crippen LogP contribution in [-0.4, -0.2) is 20.6 Å². The number of carboxylic acids is 1. The molecule has 0 aliphatic carbocycles. The molecule has 1 heterocycles. The number of unbranched alkanes of at least 4 members (excludes halogenated alkanes) is 1. The maximum absolute atomic E-state index is 12.0. The lowest BCUT2D eigenvalue weighted by molar-refractivity contribution is 0.0698. The Kier molecular flexibility index (Phi) is 5.66. The number of carbonyl (C=O) groups is 1. The summed E-state index contributed by atoms with van der Waals surface area (Å²) in [6, 6.07) is 28.1. The van der Waals surface area contributed by atoms with Gasteiger partial charge in [0.1, 0.15) is 5.82 Å². The van der Waals surface area contributed by atoms with Crippen molar-refractivity contribution in [1.29, 1.82) is 0 Å². The minimum Gasteiger partial charge on any atom is -0.478 e. The van der Waals surface area contributed by atoms with Crippen LogP contribution in [0.2, 0.25) is 0 Å². The molecule has 0 aliphatic heterocycles. The first kappa shape index (κ1) is 21.0. The van der Waals surface area contributed by atoms with Gasteiger partial charge in [0.25, 0.3) is 0 Å². The summed E-state index contributed by atoms with van der Waals surface area (Å²) in [6.07, 6.45) is 3.21. The van der Waals surface area contributed by atoms with E-state index in [1.807, 2.05) is 48.5 Å². The van der Waals surface area contributed by atoms with Crippen LogP contribution in [-0.2, 0) is 13.0 Å². The number of aryl methyl sites for hydroxylation is 1. The maximum atomic E-state index is 12.0. The highest BCUT2D eigenvalue weighted by Crippen LogP contribution is 2.30. The third-order valence-corrected chi connectivity index (χ3v) is 6.21. The number of carboxylic acid groups (broad SMARTS) is 1. The van der Waals surface area contributed by atoms with E-state index in [4.69, 9.17) is 4.98 Å². The molecular formula is C29H26N2O2. The van der Waals surface area contributed by atoms with E-state index in [1.165, 1.54) is 0 Å². The van der Waals surface area contributed by atoms with Crippen LogP contribution >= 0.6 is 0 Å². The summed E-state index contributed by atoms with van der Waals surface area (Å²) in [7, 11) is 0. The Bertz CT molecular complexity index is 1450. The number of aromatic nitrogens is 2. The molecule has 0 atom stereocenters. The smallest absolute Gasteiger partial charge is 0.336 e. The zero-order valence-corrected chi connectivity index (χ0v) is 18.7. The Morgan fingerprint density at radius 3 is 2.33 bits per heavy atom. The van der Waals surface area contributed by atoms with Crippen LogP contribution in [0.3, 0.4) is 0 Å². The third-order valence-electron chi connectivity index (χ3n) is 6.21. The third kappa shape index (κ3) is 4.12. The minimum absolute atomic E-state index is 0.323. The van der Waals surface area contributed by atoms with E-state index in [9.17, 15) is 9.90 Å². The normalized spacial score (nSPS) is 11.3. The van der Waals surface area contributed by atoms with Crippen LogP contribution in [0.1, 0.15) is 41.5 Å². The van der Waals surface area contributed by atoms with Gasteiger partial charge in [0.2, 0.25) is 0 Å². The van der Waals surface area contributed by atoms with Gasteiger partial charge in [-0.2, -0.15) is 0 Å². The molecule has 4 heteroatoms. The quantitative estimate of drug-likeness (QED) is 0.302. The van der Waals surface area contributed by atoms with Crippen LogP contribution in [0, 0.1) is 0 Å². The molecule has 164 valence electrons. The molecule has 5 aromatic rings. The summed E-state index contributed by atoms with van der Waals surface area (Å²) in [5.41, 5.74) is 5.31. The largest absolute Gasteiger partial charge is 0.478 e. The first-order chi connectivity index (χ1) is 16.1. The predicted octanol–water partition coefficient (Wildman–Crippen LogP) is 6.95. The summed E-state index contributed by atoms with van der Waals surface area (Å²) < 4.78 is 2.30. The van der Waals surface area contributed by atoms with Crippen molar-refractivity contribution in [3.63, 3.8) is 0 Å². The van der Waals surface area contributed by atoms with Crippen molar-refractivity contribution in [2.45, 2.75) is 32.7 Å². The molecular weight excluding hydrogens is 408 g/mol. The van der Waals surface area contributed by atoms with Gasteiger partial charge in [0.05, 0.1) is 16.6 Å². The average molecular weight is 435 g/mol. The standard InChI is InChI=1S/C29H26N2O2/c1-2-3-12-28-30-26-10-6-7-11-27(26)31(28)19-20-13-15-21(16-14-20)24-17-22-8-4-5-9-23(22)18-25(24)29(32)33/h4-11,13-18H,2-3,12,19H2,1H3,(H,32,33). The average Bonchev–Trinajstić information content (AvgIpc) is 3.19. The number of fused-ring (bicyclic) bond motifs is 2. The number of imidazole rings is 1. The minimum atomic E-state index is -0.912. The van der Waals surface area contributed by atoms with Gasteiger partial charge in [0, 0.05) is 13.0 Å². The van der Waals surface area contributed by atoms with Gasteiger partial charge < -0.3 is 9.67 Å². The Labute approximate surface area is 193 Å². The van der Waals surface area contributed by atoms with Crippen molar-refractivity contribution in [1.82, 2.24) is 9.55 Å². The van der Waals surface area contributed by atoms with E-state index >= 15 is 0 Å². The predicted molar refractivity (Wildman–Crippen MR) is 134 cm³/mol. The van der Waals surface area contributed by atoms with Gasteiger partial charge in [-0.05, 0) is 58.1 Å². The second-order valence-corrected chi connectivity index (χ2v) is 8.45. The van der Waals surface area contributed by atoms with E-state index in [-0.39, 0.29) is 0 Å².